The van der Waals surface area contributed by atoms with Crippen molar-refractivity contribution in [2.75, 3.05) is 34.9 Å². The van der Waals surface area contributed by atoms with Gasteiger partial charge >= 0.3 is 0 Å². The lowest BCUT2D eigenvalue weighted by Gasteiger charge is -2.16. The zero-order chi connectivity index (χ0) is 20.5. The second kappa shape index (κ2) is 12.4. The van der Waals surface area contributed by atoms with Crippen LogP contribution in [0.1, 0.15) is 22.3 Å². The highest BCUT2D eigenvalue weighted by molar-refractivity contribution is 14.0. The van der Waals surface area contributed by atoms with E-state index in [2.05, 4.69) is 47.7 Å². The molecule has 160 valence electrons. The standard InChI is InChI=1S/C22H31N3O3.HI/c1-15-9-16(2)11-17(10-15)7-8-24-22(23-3)25-14-18-12-19(26-4)21(28-6)20(13-18)27-5;/h9-13H,7-8,14H2,1-6H3,(H2,23,24,25);1H. The molecule has 29 heavy (non-hydrogen) atoms. The third-order valence-electron chi connectivity index (χ3n) is 4.40. The molecule has 0 aliphatic rings. The van der Waals surface area contributed by atoms with Crippen LogP contribution in [0.4, 0.5) is 0 Å². The van der Waals surface area contributed by atoms with Crippen LogP contribution in [-0.4, -0.2) is 40.9 Å². The van der Waals surface area contributed by atoms with Crippen LogP contribution in [0.2, 0.25) is 0 Å². The molecule has 0 aliphatic carbocycles. The van der Waals surface area contributed by atoms with E-state index in [-0.39, 0.29) is 24.0 Å². The molecule has 2 rings (SSSR count). The van der Waals surface area contributed by atoms with Gasteiger partial charge in [-0.15, -0.1) is 24.0 Å². The van der Waals surface area contributed by atoms with Crippen LogP contribution in [0.5, 0.6) is 17.2 Å². The lowest BCUT2D eigenvalue weighted by molar-refractivity contribution is 0.323. The summed E-state index contributed by atoms with van der Waals surface area (Å²) in [5.41, 5.74) is 4.91. The van der Waals surface area contributed by atoms with Crippen molar-refractivity contribution in [3.05, 3.63) is 52.6 Å². The van der Waals surface area contributed by atoms with E-state index in [9.17, 15) is 0 Å². The SMILES string of the molecule is CN=C(NCCc1cc(C)cc(C)c1)NCc1cc(OC)c(OC)c(OC)c1.I. The first-order chi connectivity index (χ1) is 13.5. The Morgan fingerprint density at radius 2 is 1.41 bits per heavy atom. The number of benzene rings is 2. The topological polar surface area (TPSA) is 64.1 Å². The molecule has 0 radical (unpaired) electrons. The van der Waals surface area contributed by atoms with E-state index < -0.39 is 0 Å². The Balaban J connectivity index is 0.00000420. The second-order valence-electron chi connectivity index (χ2n) is 6.63. The normalized spacial score (nSPS) is 10.8. The smallest absolute Gasteiger partial charge is 0.203 e. The van der Waals surface area contributed by atoms with Crippen molar-refractivity contribution in [3.63, 3.8) is 0 Å². The van der Waals surface area contributed by atoms with E-state index in [1.54, 1.807) is 28.4 Å². The van der Waals surface area contributed by atoms with Crippen molar-refractivity contribution in [2.45, 2.75) is 26.8 Å². The van der Waals surface area contributed by atoms with Crippen molar-refractivity contribution in [2.24, 2.45) is 4.99 Å². The van der Waals surface area contributed by atoms with Gasteiger partial charge in [0.25, 0.3) is 0 Å². The minimum Gasteiger partial charge on any atom is -0.493 e. The number of methoxy groups -OCH3 is 3. The predicted octanol–water partition coefficient (Wildman–Crippen LogP) is 3.85. The number of nitrogens with zero attached hydrogens (tertiary/aromatic N) is 1. The summed E-state index contributed by atoms with van der Waals surface area (Å²) in [7, 11) is 6.59. The zero-order valence-corrected chi connectivity index (χ0v) is 20.4. The van der Waals surface area contributed by atoms with Crippen molar-refractivity contribution in [1.29, 1.82) is 0 Å². The molecule has 0 unspecified atom stereocenters. The summed E-state index contributed by atoms with van der Waals surface area (Å²) in [6.45, 7) is 5.64. The molecule has 0 heterocycles. The third kappa shape index (κ3) is 7.30. The van der Waals surface area contributed by atoms with E-state index >= 15 is 0 Å². The lowest BCUT2D eigenvalue weighted by Crippen LogP contribution is -2.37. The molecule has 0 bridgehead atoms. The quantitative estimate of drug-likeness (QED) is 0.319. The molecule has 0 aliphatic heterocycles. The summed E-state index contributed by atoms with van der Waals surface area (Å²) in [5.74, 6) is 2.61. The number of rotatable bonds is 8. The highest BCUT2D eigenvalue weighted by atomic mass is 127. The van der Waals surface area contributed by atoms with Crippen LogP contribution in [0, 0.1) is 13.8 Å². The fraction of sp³-hybridized carbons (Fsp3) is 0.409. The Morgan fingerprint density at radius 1 is 0.828 bits per heavy atom. The van der Waals surface area contributed by atoms with Gasteiger partial charge in [0.15, 0.2) is 17.5 Å². The largest absolute Gasteiger partial charge is 0.493 e. The maximum Gasteiger partial charge on any atom is 0.203 e. The number of nitrogens with one attached hydrogen (secondary N) is 2. The molecule has 0 aromatic heterocycles. The van der Waals surface area contributed by atoms with Gasteiger partial charge in [0.1, 0.15) is 0 Å². The van der Waals surface area contributed by atoms with Gasteiger partial charge in [-0.3, -0.25) is 4.99 Å². The molecular formula is C22H32IN3O3. The van der Waals surface area contributed by atoms with E-state index in [4.69, 9.17) is 14.2 Å². The Kier molecular flexibility index (Phi) is 10.6. The fourth-order valence-electron chi connectivity index (χ4n) is 3.18. The van der Waals surface area contributed by atoms with Crippen LogP contribution in [0.15, 0.2) is 35.3 Å². The summed E-state index contributed by atoms with van der Waals surface area (Å²) >= 11 is 0. The number of ether oxygens (including phenoxy) is 3. The summed E-state index contributed by atoms with van der Waals surface area (Å²) < 4.78 is 16.2. The summed E-state index contributed by atoms with van der Waals surface area (Å²) in [6.07, 6.45) is 0.938. The Labute approximate surface area is 191 Å². The molecule has 0 fully saturated rings. The number of aryl methyl sites for hydroxylation is 2. The molecule has 6 nitrogen and oxygen atoms in total. The van der Waals surface area contributed by atoms with Crippen LogP contribution >= 0.6 is 24.0 Å². The molecule has 2 aromatic carbocycles. The molecule has 0 saturated heterocycles. The van der Waals surface area contributed by atoms with Gasteiger partial charge in [0.05, 0.1) is 21.3 Å². The van der Waals surface area contributed by atoms with Crippen molar-refractivity contribution in [1.82, 2.24) is 10.6 Å². The Morgan fingerprint density at radius 3 is 1.90 bits per heavy atom. The first-order valence-corrected chi connectivity index (χ1v) is 9.31. The van der Waals surface area contributed by atoms with Crippen LogP contribution in [-0.2, 0) is 13.0 Å². The lowest BCUT2D eigenvalue weighted by atomic mass is 10.1. The van der Waals surface area contributed by atoms with Gasteiger partial charge in [-0.05, 0) is 43.5 Å². The second-order valence-corrected chi connectivity index (χ2v) is 6.63. The van der Waals surface area contributed by atoms with Gasteiger partial charge in [-0.25, -0.2) is 0 Å². The van der Waals surface area contributed by atoms with Gasteiger partial charge in [-0.2, -0.15) is 0 Å². The van der Waals surface area contributed by atoms with Gasteiger partial charge < -0.3 is 24.8 Å². The number of guanidine groups is 1. The monoisotopic (exact) mass is 513 g/mol. The average Bonchev–Trinajstić information content (AvgIpc) is 2.68. The van der Waals surface area contributed by atoms with Crippen molar-refractivity contribution < 1.29 is 14.2 Å². The number of hydrogen-bond acceptors (Lipinski definition) is 4. The maximum atomic E-state index is 5.41. The van der Waals surface area contributed by atoms with Crippen LogP contribution in [0.3, 0.4) is 0 Å². The van der Waals surface area contributed by atoms with E-state index in [0.717, 1.165) is 24.5 Å². The number of halogens is 1. The molecule has 0 amide bonds. The first kappa shape index (κ1) is 24.9. The molecule has 7 heteroatoms. The Hall–Kier alpha value is -2.16. The minimum absolute atomic E-state index is 0. The third-order valence-corrected chi connectivity index (χ3v) is 4.40. The average molecular weight is 513 g/mol. The zero-order valence-electron chi connectivity index (χ0n) is 18.1. The molecule has 0 atom stereocenters. The first-order valence-electron chi connectivity index (χ1n) is 9.31. The molecule has 2 aromatic rings. The Bertz CT molecular complexity index is 780. The van der Waals surface area contributed by atoms with Crippen molar-refractivity contribution >= 4 is 29.9 Å². The molecule has 2 N–H and O–H groups in total. The van der Waals surface area contributed by atoms with Gasteiger partial charge in [-0.1, -0.05) is 29.3 Å². The molecular weight excluding hydrogens is 481 g/mol. The summed E-state index contributed by atoms with van der Waals surface area (Å²) in [5, 5.41) is 6.68. The fourth-order valence-corrected chi connectivity index (χ4v) is 3.18. The molecule has 0 saturated carbocycles. The van der Waals surface area contributed by atoms with E-state index in [1.165, 1.54) is 16.7 Å². The van der Waals surface area contributed by atoms with Crippen molar-refractivity contribution in [3.8, 4) is 17.2 Å². The highest BCUT2D eigenvalue weighted by Crippen LogP contribution is 2.38. The van der Waals surface area contributed by atoms with E-state index in [0.29, 0.717) is 23.8 Å². The number of aliphatic imine (C=N–C) groups is 1. The maximum absolute atomic E-state index is 5.41. The molecule has 0 spiro atoms. The van der Waals surface area contributed by atoms with Crippen LogP contribution in [0.25, 0.3) is 0 Å². The van der Waals surface area contributed by atoms with E-state index in [1.807, 2.05) is 12.1 Å². The number of hydrogen-bond donors (Lipinski definition) is 2. The van der Waals surface area contributed by atoms with Crippen LogP contribution < -0.4 is 24.8 Å². The summed E-state index contributed by atoms with van der Waals surface area (Å²) in [6, 6.07) is 10.5. The minimum atomic E-state index is 0. The van der Waals surface area contributed by atoms with Gasteiger partial charge in [0.2, 0.25) is 5.75 Å². The predicted molar refractivity (Wildman–Crippen MR) is 129 cm³/mol. The highest BCUT2D eigenvalue weighted by Gasteiger charge is 2.13. The van der Waals surface area contributed by atoms with Gasteiger partial charge in [0, 0.05) is 20.1 Å². The summed E-state index contributed by atoms with van der Waals surface area (Å²) in [4.78, 5) is 4.30.